The first-order chi connectivity index (χ1) is 9.56. The lowest BCUT2D eigenvalue weighted by molar-refractivity contribution is -0.106. The van der Waals surface area contributed by atoms with Crippen LogP contribution in [-0.4, -0.2) is 51.4 Å². The number of aliphatic hydroxyl groups is 2. The minimum Gasteiger partial charge on any atom is -0.389 e. The number of aliphatic hydroxyl groups excluding tert-OH is 1. The van der Waals surface area contributed by atoms with Crippen LogP contribution in [0.15, 0.2) is 30.5 Å². The van der Waals surface area contributed by atoms with Gasteiger partial charge in [-0.1, -0.05) is 18.2 Å². The van der Waals surface area contributed by atoms with Crippen LogP contribution in [0, 0.1) is 0 Å². The maximum atomic E-state index is 9.97. The van der Waals surface area contributed by atoms with E-state index in [-0.39, 0.29) is 0 Å². The zero-order chi connectivity index (χ0) is 14.2. The Hall–Kier alpha value is -1.36. The minimum atomic E-state index is -0.933. The number of benzene rings is 1. The van der Waals surface area contributed by atoms with Crippen molar-refractivity contribution in [2.24, 2.45) is 0 Å². The average molecular weight is 274 g/mol. The summed E-state index contributed by atoms with van der Waals surface area (Å²) in [6, 6.07) is 8.31. The van der Waals surface area contributed by atoms with Gasteiger partial charge in [0, 0.05) is 36.7 Å². The van der Waals surface area contributed by atoms with E-state index in [4.69, 9.17) is 0 Å². The van der Waals surface area contributed by atoms with Crippen LogP contribution in [0.5, 0.6) is 0 Å². The van der Waals surface area contributed by atoms with Crippen LogP contribution in [-0.2, 0) is 6.42 Å². The number of rotatable bonds is 3. The highest BCUT2D eigenvalue weighted by Gasteiger charge is 2.35. The number of hydrogen-bond donors (Lipinski definition) is 3. The van der Waals surface area contributed by atoms with Crippen molar-refractivity contribution >= 4 is 10.9 Å². The van der Waals surface area contributed by atoms with Crippen LogP contribution in [0.1, 0.15) is 18.9 Å². The Labute approximate surface area is 119 Å². The quantitative estimate of drug-likeness (QED) is 0.795. The largest absolute Gasteiger partial charge is 0.389 e. The van der Waals surface area contributed by atoms with Crippen molar-refractivity contribution in [1.29, 1.82) is 0 Å². The molecule has 20 heavy (non-hydrogen) atoms. The highest BCUT2D eigenvalue weighted by Crippen LogP contribution is 2.23. The van der Waals surface area contributed by atoms with Crippen LogP contribution in [0.25, 0.3) is 10.9 Å². The van der Waals surface area contributed by atoms with Gasteiger partial charge in [0.2, 0.25) is 0 Å². The molecule has 0 spiro atoms. The summed E-state index contributed by atoms with van der Waals surface area (Å²) in [5.41, 5.74) is 1.55. The third-order valence-corrected chi connectivity index (χ3v) is 4.46. The molecule has 2 heterocycles. The smallest absolute Gasteiger partial charge is 0.0951 e. The molecule has 3 N–H and O–H groups in total. The number of fused-ring (bicyclic) bond motifs is 1. The number of β-amino-alcohol motifs (C(OH)–C–C–N with tert-alkyl or cyclic N) is 1. The van der Waals surface area contributed by atoms with Crippen LogP contribution in [0.3, 0.4) is 0 Å². The average Bonchev–Trinajstić information content (AvgIpc) is 2.84. The monoisotopic (exact) mass is 274 g/mol. The third-order valence-electron chi connectivity index (χ3n) is 4.46. The summed E-state index contributed by atoms with van der Waals surface area (Å²) in [5, 5.41) is 21.2. The van der Waals surface area contributed by atoms with Crippen LogP contribution >= 0.6 is 0 Å². The number of nitrogens with zero attached hydrogens (tertiary/aromatic N) is 1. The van der Waals surface area contributed by atoms with E-state index in [2.05, 4.69) is 34.3 Å². The summed E-state index contributed by atoms with van der Waals surface area (Å²) < 4.78 is 0. The Bertz CT molecular complexity index is 591. The molecule has 3 rings (SSSR count). The van der Waals surface area contributed by atoms with Crippen LogP contribution in [0.4, 0.5) is 0 Å². The van der Waals surface area contributed by atoms with E-state index in [0.717, 1.165) is 19.5 Å². The first-order valence-electron chi connectivity index (χ1n) is 7.24. The van der Waals surface area contributed by atoms with Crippen molar-refractivity contribution in [1.82, 2.24) is 9.88 Å². The van der Waals surface area contributed by atoms with E-state index in [9.17, 15) is 10.2 Å². The molecule has 2 aromatic rings. The molecule has 4 heteroatoms. The second-order valence-electron chi connectivity index (χ2n) is 6.03. The van der Waals surface area contributed by atoms with E-state index in [1.807, 2.05) is 6.07 Å². The molecule has 0 saturated carbocycles. The van der Waals surface area contributed by atoms with Gasteiger partial charge in [-0.05, 0) is 31.4 Å². The number of likely N-dealkylation sites (tertiary alicyclic amines) is 1. The zero-order valence-electron chi connectivity index (χ0n) is 11.8. The molecule has 0 radical (unpaired) electrons. The van der Waals surface area contributed by atoms with E-state index in [1.165, 1.54) is 16.5 Å². The number of hydrogen-bond acceptors (Lipinski definition) is 3. The Morgan fingerprint density at radius 3 is 3.00 bits per heavy atom. The van der Waals surface area contributed by atoms with Gasteiger partial charge in [0.25, 0.3) is 0 Å². The van der Waals surface area contributed by atoms with Gasteiger partial charge in [-0.15, -0.1) is 0 Å². The second-order valence-corrected chi connectivity index (χ2v) is 6.03. The van der Waals surface area contributed by atoms with Crippen molar-refractivity contribution in [2.45, 2.75) is 31.5 Å². The predicted octanol–water partition coefficient (Wildman–Crippen LogP) is 1.53. The van der Waals surface area contributed by atoms with Gasteiger partial charge >= 0.3 is 0 Å². The zero-order valence-corrected chi connectivity index (χ0v) is 11.8. The molecule has 0 unspecified atom stereocenters. The molecule has 1 aliphatic heterocycles. The molecule has 108 valence electrons. The number of nitrogens with one attached hydrogen (secondary N) is 1. The predicted molar refractivity (Wildman–Crippen MR) is 79.7 cm³/mol. The molecule has 1 aliphatic rings. The molecule has 1 fully saturated rings. The Kier molecular flexibility index (Phi) is 3.54. The highest BCUT2D eigenvalue weighted by atomic mass is 16.3. The highest BCUT2D eigenvalue weighted by molar-refractivity contribution is 5.83. The summed E-state index contributed by atoms with van der Waals surface area (Å²) in [4.78, 5) is 5.52. The number of H-pyrrole nitrogens is 1. The van der Waals surface area contributed by atoms with Crippen LogP contribution < -0.4 is 0 Å². The number of para-hydroxylation sites is 1. The van der Waals surface area contributed by atoms with E-state index < -0.39 is 11.7 Å². The van der Waals surface area contributed by atoms with Gasteiger partial charge in [-0.3, -0.25) is 0 Å². The fourth-order valence-electron chi connectivity index (χ4n) is 2.90. The van der Waals surface area contributed by atoms with Gasteiger partial charge < -0.3 is 20.1 Å². The fourth-order valence-corrected chi connectivity index (χ4v) is 2.90. The van der Waals surface area contributed by atoms with Crippen molar-refractivity contribution in [2.75, 3.05) is 19.6 Å². The van der Waals surface area contributed by atoms with Gasteiger partial charge in [-0.2, -0.15) is 0 Å². The second kappa shape index (κ2) is 5.20. The van der Waals surface area contributed by atoms with Gasteiger partial charge in [0.15, 0.2) is 0 Å². The molecule has 1 saturated heterocycles. The van der Waals surface area contributed by atoms with Crippen molar-refractivity contribution in [3.8, 4) is 0 Å². The molecule has 2 atom stereocenters. The molecule has 1 aromatic heterocycles. The fraction of sp³-hybridized carbons (Fsp3) is 0.500. The van der Waals surface area contributed by atoms with E-state index in [1.54, 1.807) is 6.92 Å². The standard InChI is InChI=1S/C16H22N2O2/c1-16(20)7-9-18(11-15(16)19)8-6-12-10-17-14-5-3-2-4-13(12)14/h2-5,10,15,17,19-20H,6-9,11H2,1H3/t15-,16-/m1/s1. The van der Waals surface area contributed by atoms with Crippen molar-refractivity contribution in [3.05, 3.63) is 36.0 Å². The minimum absolute atomic E-state index is 0.551. The topological polar surface area (TPSA) is 59.5 Å². The summed E-state index contributed by atoms with van der Waals surface area (Å²) in [6.45, 7) is 4.02. The molecule has 4 nitrogen and oxygen atoms in total. The molecular formula is C16H22N2O2. The first-order valence-corrected chi connectivity index (χ1v) is 7.24. The summed E-state index contributed by atoms with van der Waals surface area (Å²) in [6.07, 6.45) is 3.00. The molecule has 0 amide bonds. The van der Waals surface area contributed by atoms with Crippen LogP contribution in [0.2, 0.25) is 0 Å². The molecule has 1 aromatic carbocycles. The van der Waals surface area contributed by atoms with Gasteiger partial charge in [0.05, 0.1) is 11.7 Å². The van der Waals surface area contributed by atoms with E-state index in [0.29, 0.717) is 13.0 Å². The molecule has 0 bridgehead atoms. The maximum Gasteiger partial charge on any atom is 0.0951 e. The van der Waals surface area contributed by atoms with Crippen molar-refractivity contribution in [3.63, 3.8) is 0 Å². The molecular weight excluding hydrogens is 252 g/mol. The SMILES string of the molecule is C[C@@]1(O)CCN(CCc2c[nH]c3ccccc23)C[C@H]1O. The van der Waals surface area contributed by atoms with Gasteiger partial charge in [0.1, 0.15) is 0 Å². The number of aromatic amines is 1. The Morgan fingerprint density at radius 1 is 1.40 bits per heavy atom. The normalized spacial score (nSPS) is 28.1. The lowest BCUT2D eigenvalue weighted by atomic mass is 9.90. The molecule has 0 aliphatic carbocycles. The lowest BCUT2D eigenvalue weighted by Crippen LogP contribution is -2.54. The summed E-state index contributed by atoms with van der Waals surface area (Å²) in [7, 11) is 0. The van der Waals surface area contributed by atoms with Crippen molar-refractivity contribution < 1.29 is 10.2 Å². The third kappa shape index (κ3) is 2.59. The Balaban J connectivity index is 1.63. The maximum absolute atomic E-state index is 9.97. The summed E-state index contributed by atoms with van der Waals surface area (Å²) in [5.74, 6) is 0. The number of piperidine rings is 1. The first kappa shape index (κ1) is 13.6. The number of aromatic nitrogens is 1. The van der Waals surface area contributed by atoms with Gasteiger partial charge in [-0.25, -0.2) is 0 Å². The Morgan fingerprint density at radius 2 is 2.20 bits per heavy atom. The summed E-state index contributed by atoms with van der Waals surface area (Å²) >= 11 is 0. The van der Waals surface area contributed by atoms with E-state index >= 15 is 0 Å². The lowest BCUT2D eigenvalue weighted by Gasteiger charge is -2.39.